The average molecular weight is 329 g/mol. The fourth-order valence-corrected chi connectivity index (χ4v) is 2.21. The van der Waals surface area contributed by atoms with Crippen molar-refractivity contribution in [1.82, 2.24) is 0 Å². The highest BCUT2D eigenvalue weighted by Gasteiger charge is 2.06. The van der Waals surface area contributed by atoms with Gasteiger partial charge in [-0.05, 0) is 41.8 Å². The van der Waals surface area contributed by atoms with Crippen LogP contribution in [0.25, 0.3) is 0 Å². The van der Waals surface area contributed by atoms with E-state index in [9.17, 15) is 0 Å². The van der Waals surface area contributed by atoms with Crippen molar-refractivity contribution in [3.63, 3.8) is 0 Å². The van der Waals surface area contributed by atoms with E-state index in [0.717, 1.165) is 11.3 Å². The lowest BCUT2D eigenvalue weighted by Crippen LogP contribution is -2.09. The van der Waals surface area contributed by atoms with Gasteiger partial charge in [0.25, 0.3) is 0 Å². The number of oxime groups is 1. The second-order valence-electron chi connectivity index (χ2n) is 5.58. The van der Waals surface area contributed by atoms with Crippen LogP contribution in [-0.2, 0) is 0 Å². The quantitative estimate of drug-likeness (QED) is 0.343. The topological polar surface area (TPSA) is 60.3 Å². The lowest BCUT2D eigenvalue weighted by atomic mass is 10.0. The van der Waals surface area contributed by atoms with Crippen molar-refractivity contribution in [1.29, 1.82) is 0 Å². The van der Waals surface area contributed by atoms with Gasteiger partial charge in [-0.25, -0.2) is 0 Å². The summed E-state index contributed by atoms with van der Waals surface area (Å²) in [6.07, 6.45) is 1.33. The number of ether oxygens (including phenoxy) is 3. The third-order valence-electron chi connectivity index (χ3n) is 3.55. The van der Waals surface area contributed by atoms with E-state index in [1.807, 2.05) is 12.1 Å². The Bertz CT molecular complexity index is 666. The second-order valence-corrected chi connectivity index (χ2v) is 5.58. The Balaban J connectivity index is 1.88. The molecule has 0 amide bonds. The summed E-state index contributed by atoms with van der Waals surface area (Å²) in [4.78, 5) is 0. The molecule has 0 spiro atoms. The zero-order chi connectivity index (χ0) is 17.4. The summed E-state index contributed by atoms with van der Waals surface area (Å²) in [5.74, 6) is 2.51. The molecular formula is C19H23NO4. The highest BCUT2D eigenvalue weighted by Crippen LogP contribution is 2.27. The van der Waals surface area contributed by atoms with Gasteiger partial charge in [0.2, 0.25) is 0 Å². The molecule has 2 aromatic carbocycles. The fourth-order valence-electron chi connectivity index (χ4n) is 2.21. The van der Waals surface area contributed by atoms with Crippen molar-refractivity contribution in [3.05, 3.63) is 53.6 Å². The van der Waals surface area contributed by atoms with Gasteiger partial charge in [0.1, 0.15) is 19.0 Å². The highest BCUT2D eigenvalue weighted by atomic mass is 16.5. The van der Waals surface area contributed by atoms with Crippen LogP contribution < -0.4 is 14.2 Å². The Morgan fingerprint density at radius 3 is 2.33 bits per heavy atom. The first kappa shape index (κ1) is 17.7. The molecule has 0 aliphatic carbocycles. The number of rotatable bonds is 8. The SMILES string of the molecule is COc1ccc(/C=N/O)cc1OCCOc1ccc(C(C)C)cc1. The van der Waals surface area contributed by atoms with Crippen molar-refractivity contribution in [2.75, 3.05) is 20.3 Å². The molecule has 0 aliphatic rings. The lowest BCUT2D eigenvalue weighted by Gasteiger charge is -2.12. The van der Waals surface area contributed by atoms with Crippen LogP contribution in [0, 0.1) is 0 Å². The smallest absolute Gasteiger partial charge is 0.161 e. The minimum Gasteiger partial charge on any atom is -0.493 e. The van der Waals surface area contributed by atoms with Gasteiger partial charge in [0.05, 0.1) is 13.3 Å². The maximum Gasteiger partial charge on any atom is 0.161 e. The fraction of sp³-hybridized carbons (Fsp3) is 0.316. The first-order valence-electron chi connectivity index (χ1n) is 7.85. The minimum atomic E-state index is 0.377. The summed E-state index contributed by atoms with van der Waals surface area (Å²) >= 11 is 0. The van der Waals surface area contributed by atoms with Crippen LogP contribution in [0.5, 0.6) is 17.2 Å². The van der Waals surface area contributed by atoms with Crippen LogP contribution in [0.2, 0.25) is 0 Å². The molecule has 24 heavy (non-hydrogen) atoms. The summed E-state index contributed by atoms with van der Waals surface area (Å²) in [7, 11) is 1.58. The molecule has 0 aromatic heterocycles. The van der Waals surface area contributed by atoms with Crippen LogP contribution in [0.3, 0.4) is 0 Å². The van der Waals surface area contributed by atoms with Gasteiger partial charge in [0, 0.05) is 5.56 Å². The summed E-state index contributed by atoms with van der Waals surface area (Å²) in [6, 6.07) is 13.4. The van der Waals surface area contributed by atoms with E-state index >= 15 is 0 Å². The zero-order valence-corrected chi connectivity index (χ0v) is 14.2. The number of methoxy groups -OCH3 is 1. The van der Waals surface area contributed by atoms with Gasteiger partial charge < -0.3 is 19.4 Å². The maximum absolute atomic E-state index is 8.61. The normalized spacial score (nSPS) is 11.0. The number of benzene rings is 2. The molecule has 2 rings (SSSR count). The van der Waals surface area contributed by atoms with E-state index in [1.165, 1.54) is 11.8 Å². The number of hydrogen-bond acceptors (Lipinski definition) is 5. The zero-order valence-electron chi connectivity index (χ0n) is 14.2. The van der Waals surface area contributed by atoms with E-state index < -0.39 is 0 Å². The lowest BCUT2D eigenvalue weighted by molar-refractivity contribution is 0.211. The Morgan fingerprint density at radius 2 is 1.71 bits per heavy atom. The van der Waals surface area contributed by atoms with E-state index in [-0.39, 0.29) is 0 Å². The molecule has 0 radical (unpaired) electrons. The largest absolute Gasteiger partial charge is 0.493 e. The average Bonchev–Trinajstić information content (AvgIpc) is 2.59. The predicted octanol–water partition coefficient (Wildman–Crippen LogP) is 4.08. The Morgan fingerprint density at radius 1 is 1.00 bits per heavy atom. The summed E-state index contributed by atoms with van der Waals surface area (Å²) in [6.45, 7) is 5.12. The Hall–Kier alpha value is -2.69. The van der Waals surface area contributed by atoms with Gasteiger partial charge in [0.15, 0.2) is 11.5 Å². The van der Waals surface area contributed by atoms with Gasteiger partial charge in [-0.3, -0.25) is 0 Å². The Labute approximate surface area is 142 Å². The highest BCUT2D eigenvalue weighted by molar-refractivity contribution is 5.80. The Kier molecular flexibility index (Phi) is 6.49. The molecule has 0 bridgehead atoms. The van der Waals surface area contributed by atoms with Crippen molar-refractivity contribution < 1.29 is 19.4 Å². The predicted molar refractivity (Wildman–Crippen MR) is 93.9 cm³/mol. The minimum absolute atomic E-state index is 0.377. The van der Waals surface area contributed by atoms with E-state index in [2.05, 4.69) is 31.1 Å². The molecule has 1 N–H and O–H groups in total. The molecule has 0 unspecified atom stereocenters. The molecule has 0 aliphatic heterocycles. The monoisotopic (exact) mass is 329 g/mol. The van der Waals surface area contributed by atoms with Crippen molar-refractivity contribution >= 4 is 6.21 Å². The first-order chi connectivity index (χ1) is 11.6. The molecule has 5 heteroatoms. The van der Waals surface area contributed by atoms with Crippen LogP contribution >= 0.6 is 0 Å². The molecule has 2 aromatic rings. The van der Waals surface area contributed by atoms with Gasteiger partial charge in [-0.1, -0.05) is 31.1 Å². The molecule has 0 fully saturated rings. The van der Waals surface area contributed by atoms with Crippen molar-refractivity contribution in [2.24, 2.45) is 5.16 Å². The first-order valence-corrected chi connectivity index (χ1v) is 7.85. The summed E-state index contributed by atoms with van der Waals surface area (Å²) in [5.41, 5.74) is 2.00. The molecule has 0 saturated heterocycles. The van der Waals surface area contributed by atoms with Gasteiger partial charge in [-0.15, -0.1) is 0 Å². The van der Waals surface area contributed by atoms with Gasteiger partial charge >= 0.3 is 0 Å². The van der Waals surface area contributed by atoms with Crippen molar-refractivity contribution in [2.45, 2.75) is 19.8 Å². The van der Waals surface area contributed by atoms with Crippen LogP contribution in [0.1, 0.15) is 30.9 Å². The molecular weight excluding hydrogens is 306 g/mol. The maximum atomic E-state index is 8.61. The third-order valence-corrected chi connectivity index (χ3v) is 3.55. The van der Waals surface area contributed by atoms with E-state index in [0.29, 0.717) is 30.6 Å². The van der Waals surface area contributed by atoms with Crippen LogP contribution in [0.4, 0.5) is 0 Å². The number of nitrogens with zero attached hydrogens (tertiary/aromatic N) is 1. The standard InChI is InChI=1S/C19H23NO4/c1-14(2)16-5-7-17(8-6-16)23-10-11-24-19-12-15(13-20-21)4-9-18(19)22-3/h4-9,12-14,21H,10-11H2,1-3H3/b20-13+. The third kappa shape index (κ3) is 4.91. The van der Waals surface area contributed by atoms with E-state index in [4.69, 9.17) is 19.4 Å². The van der Waals surface area contributed by atoms with Gasteiger partial charge in [-0.2, -0.15) is 0 Å². The van der Waals surface area contributed by atoms with Crippen LogP contribution in [0.15, 0.2) is 47.6 Å². The molecule has 0 heterocycles. The molecule has 0 atom stereocenters. The summed E-state index contributed by atoms with van der Waals surface area (Å²) in [5, 5.41) is 11.6. The van der Waals surface area contributed by atoms with Crippen LogP contribution in [-0.4, -0.2) is 31.7 Å². The molecule has 128 valence electrons. The molecule has 0 saturated carbocycles. The van der Waals surface area contributed by atoms with E-state index in [1.54, 1.807) is 25.3 Å². The number of hydrogen-bond donors (Lipinski definition) is 1. The second kappa shape index (κ2) is 8.82. The molecule has 5 nitrogen and oxygen atoms in total. The summed E-state index contributed by atoms with van der Waals surface area (Å²) < 4.78 is 16.6. The van der Waals surface area contributed by atoms with Crippen molar-refractivity contribution in [3.8, 4) is 17.2 Å².